The standard InChI is InChI=1S/C29H50O2.C15H24O.C12H24O2.C6H15NO3.C6H13NO.C4H11NO3.C3H8O.C2H7N.H2O/c1-20(2)12-9-13-21(3)14-10-15-22(4)16-11-18-29(8)19-17-26-25(7)27(30)23(5)24(6)28(26)31-29;1-10-8-11(14(2,3)4)13(16)12(9-10)15(5,6)7;1-2-3-4-5-6-7-8-9-10-11-12(13)14;8-4-1-7(2-5-9)3-6-10;8-6-5-7-3-1-2-4-7;5-4(1-6,2-7)3-8;1-2-3-4;1-3-2;/h20-22,30H,9-19H2,1-8H3;8-9,16H,1-7H3;2-11H2,1H3,(H,13,14);8-10H,1-6H2;8H,1-6H2;6-8H,1-3,5H2;4H,2-3H2,1H3;3H,1-2H3;1H2/t21-,22-,29-;;;;;;;;/m1......../s1. The van der Waals surface area contributed by atoms with Gasteiger partial charge in [-0.1, -0.05) is 197 Å². The van der Waals surface area contributed by atoms with Gasteiger partial charge in [0.15, 0.2) is 0 Å². The number of unbranched alkanes of at least 4 members (excludes halogenated alkanes) is 8. The number of rotatable bonds is 34. The van der Waals surface area contributed by atoms with Crippen molar-refractivity contribution in [3.05, 3.63) is 51.1 Å². The smallest absolute Gasteiger partial charge is 0.303 e. The average Bonchev–Trinajstić information content (AvgIpc) is 0.922. The Balaban J connectivity index is -0.000000359. The topological polar surface area (TPSA) is 325 Å². The second-order valence-corrected chi connectivity index (χ2v) is 29.5. The van der Waals surface area contributed by atoms with Crippen molar-refractivity contribution in [2.45, 2.75) is 294 Å². The van der Waals surface area contributed by atoms with E-state index in [9.17, 15) is 15.0 Å². The minimum absolute atomic E-state index is 0. The van der Waals surface area contributed by atoms with E-state index in [1.165, 1.54) is 133 Å². The number of carboxylic acid groups (broad SMARTS) is 1. The molecule has 2 aliphatic heterocycles. The molecular formula is C77H154N4O14. The lowest BCUT2D eigenvalue weighted by atomic mass is 9.78. The zero-order valence-electron chi connectivity index (χ0n) is 64.5. The molecule has 18 nitrogen and oxygen atoms in total. The van der Waals surface area contributed by atoms with Gasteiger partial charge in [0.1, 0.15) is 22.8 Å². The van der Waals surface area contributed by atoms with Crippen molar-refractivity contribution in [1.29, 1.82) is 0 Å². The van der Waals surface area contributed by atoms with E-state index < -0.39 is 31.3 Å². The summed E-state index contributed by atoms with van der Waals surface area (Å²) in [5, 5.41) is 98.8. The first kappa shape index (κ1) is 100. The number of phenols is 2. The number of aliphatic hydroxyl groups excluding tert-OH is 8. The van der Waals surface area contributed by atoms with Crippen molar-refractivity contribution in [3.63, 3.8) is 0 Å². The lowest BCUT2D eigenvalue weighted by molar-refractivity contribution is -0.137. The Labute approximate surface area is 581 Å². The molecule has 2 aromatic rings. The summed E-state index contributed by atoms with van der Waals surface area (Å²) in [6, 6.07) is 4.18. The number of phenolic OH excluding ortho intramolecular Hbond substituents is 2. The maximum absolute atomic E-state index is 10.4. The molecule has 0 amide bonds. The number of aliphatic hydroxyl groups is 8. The zero-order valence-corrected chi connectivity index (χ0v) is 64.5. The lowest BCUT2D eigenvalue weighted by Crippen LogP contribution is -2.50. The van der Waals surface area contributed by atoms with Crippen LogP contribution in [0.15, 0.2) is 12.1 Å². The number of aromatic hydroxyl groups is 2. The number of carboxylic acids is 1. The molecule has 566 valence electrons. The van der Waals surface area contributed by atoms with E-state index in [1.807, 2.05) is 34.9 Å². The van der Waals surface area contributed by atoms with Crippen molar-refractivity contribution < 1.29 is 71.2 Å². The van der Waals surface area contributed by atoms with Gasteiger partial charge in [0.25, 0.3) is 0 Å². The van der Waals surface area contributed by atoms with Crippen LogP contribution in [0.1, 0.15) is 277 Å². The van der Waals surface area contributed by atoms with Crippen molar-refractivity contribution in [2.24, 2.45) is 23.5 Å². The third-order valence-electron chi connectivity index (χ3n) is 17.3. The number of carbonyl (C=O) groups is 1. The number of hydrogen-bond acceptors (Lipinski definition) is 16. The van der Waals surface area contributed by atoms with Crippen molar-refractivity contribution >= 4 is 5.97 Å². The van der Waals surface area contributed by atoms with E-state index in [0.717, 1.165) is 96.4 Å². The molecule has 0 spiro atoms. The quantitative estimate of drug-likeness (QED) is 0.0290. The number of nitrogens with two attached hydrogens (primary N) is 1. The molecule has 4 rings (SSSR count). The molecule has 0 aromatic heterocycles. The van der Waals surface area contributed by atoms with Crippen LogP contribution in [0.4, 0.5) is 0 Å². The maximum atomic E-state index is 10.4. The summed E-state index contributed by atoms with van der Waals surface area (Å²) in [6.07, 6.45) is 29.0. The average molecular weight is 1360 g/mol. The highest BCUT2D eigenvalue weighted by atomic mass is 16.5. The van der Waals surface area contributed by atoms with Gasteiger partial charge in [-0.25, -0.2) is 0 Å². The summed E-state index contributed by atoms with van der Waals surface area (Å²) >= 11 is 0. The molecule has 2 aliphatic rings. The van der Waals surface area contributed by atoms with E-state index in [0.29, 0.717) is 50.8 Å². The Morgan fingerprint density at radius 3 is 1.38 bits per heavy atom. The lowest BCUT2D eigenvalue weighted by Gasteiger charge is -2.38. The van der Waals surface area contributed by atoms with E-state index in [4.69, 9.17) is 56.4 Å². The Morgan fingerprint density at radius 1 is 0.611 bits per heavy atom. The number of aryl methyl sites for hydroxylation is 1. The van der Waals surface area contributed by atoms with Crippen LogP contribution in [-0.4, -0.2) is 195 Å². The Hall–Kier alpha value is -3.21. The molecule has 16 N–H and O–H groups in total. The van der Waals surface area contributed by atoms with Crippen LogP contribution in [0.3, 0.4) is 0 Å². The van der Waals surface area contributed by atoms with Crippen LogP contribution < -0.4 is 15.8 Å². The highest BCUT2D eigenvalue weighted by Crippen LogP contribution is 2.45. The number of likely N-dealkylation sites (tertiary alicyclic amines) is 1. The normalized spacial score (nSPS) is 14.9. The molecule has 0 bridgehead atoms. The van der Waals surface area contributed by atoms with Crippen molar-refractivity contribution in [1.82, 2.24) is 15.1 Å². The predicted octanol–water partition coefficient (Wildman–Crippen LogP) is 12.5. The van der Waals surface area contributed by atoms with E-state index in [-0.39, 0.29) is 41.7 Å². The highest BCUT2D eigenvalue weighted by Gasteiger charge is 2.34. The van der Waals surface area contributed by atoms with Crippen LogP contribution >= 0.6 is 0 Å². The fourth-order valence-electron chi connectivity index (χ4n) is 10.8. The summed E-state index contributed by atoms with van der Waals surface area (Å²) in [5.41, 5.74) is 11.4. The number of β-amino-alcohol motifs (C(OH)–C–C–N with tert-alkyl or cyclic N) is 1. The number of ether oxygens (including phenoxy) is 1. The minimum atomic E-state index is -1.21. The van der Waals surface area contributed by atoms with Gasteiger partial charge in [0, 0.05) is 44.8 Å². The number of benzene rings is 2. The van der Waals surface area contributed by atoms with Crippen LogP contribution in [0.5, 0.6) is 17.2 Å². The van der Waals surface area contributed by atoms with E-state index in [1.54, 1.807) is 4.90 Å². The van der Waals surface area contributed by atoms with Gasteiger partial charge in [-0.3, -0.25) is 9.69 Å². The molecule has 0 unspecified atom stereocenters. The SMILES string of the molecule is CCCCCCCCCCCC(=O)O.CCCO.CNC.Cc1c(C)c2c(c(C)c1O)CC[C@@](C)(CCC[C@H](C)CCC[C@H](C)CCCC(C)C)O2.Cc1cc(C(C)(C)C)c(O)c(C(C)(C)C)c1.NC(CO)(CO)CO.O.OCCN(CCO)CCO.OCCN1CCCC1. The number of aliphatic carboxylic acids is 1. The first-order valence-electron chi connectivity index (χ1n) is 36.4. The monoisotopic (exact) mass is 1360 g/mol. The van der Waals surface area contributed by atoms with Gasteiger partial charge in [-0.15, -0.1) is 0 Å². The van der Waals surface area contributed by atoms with Gasteiger partial charge >= 0.3 is 5.97 Å². The van der Waals surface area contributed by atoms with Crippen LogP contribution in [-0.2, 0) is 22.0 Å². The fraction of sp³-hybridized carbons (Fsp3) is 0.831. The Bertz CT molecular complexity index is 2050. The molecule has 2 heterocycles. The van der Waals surface area contributed by atoms with Gasteiger partial charge in [-0.05, 0) is 170 Å². The molecule has 3 atom stereocenters. The summed E-state index contributed by atoms with van der Waals surface area (Å²) in [4.78, 5) is 14.3. The van der Waals surface area contributed by atoms with Crippen LogP contribution in [0.25, 0.3) is 0 Å². The maximum Gasteiger partial charge on any atom is 0.303 e. The molecule has 1 saturated heterocycles. The molecule has 0 saturated carbocycles. The number of nitrogens with one attached hydrogen (secondary N) is 1. The van der Waals surface area contributed by atoms with E-state index in [2.05, 4.69) is 119 Å². The van der Waals surface area contributed by atoms with Gasteiger partial charge in [0.05, 0.1) is 51.8 Å². The first-order valence-corrected chi connectivity index (χ1v) is 36.4. The molecule has 2 aromatic carbocycles. The molecule has 0 radical (unpaired) electrons. The predicted molar refractivity (Wildman–Crippen MR) is 399 cm³/mol. The summed E-state index contributed by atoms with van der Waals surface area (Å²) in [5.74, 6) is 3.84. The van der Waals surface area contributed by atoms with Gasteiger partial charge < -0.3 is 82.3 Å². The van der Waals surface area contributed by atoms with Gasteiger partial charge in [0.2, 0.25) is 0 Å². The number of hydrogen-bond donors (Lipinski definition) is 13. The second kappa shape index (κ2) is 59.6. The third kappa shape index (κ3) is 50.7. The molecule has 18 heteroatoms. The molecule has 95 heavy (non-hydrogen) atoms. The molecule has 0 aliphatic carbocycles. The third-order valence-corrected chi connectivity index (χ3v) is 17.3. The molecule has 1 fully saturated rings. The minimum Gasteiger partial charge on any atom is -0.507 e. The second-order valence-electron chi connectivity index (χ2n) is 29.5. The van der Waals surface area contributed by atoms with Crippen LogP contribution in [0, 0.1) is 45.4 Å². The van der Waals surface area contributed by atoms with Crippen molar-refractivity contribution in [2.75, 3.05) is 106 Å². The highest BCUT2D eigenvalue weighted by molar-refractivity contribution is 5.66. The van der Waals surface area contributed by atoms with Crippen molar-refractivity contribution in [3.8, 4) is 17.2 Å². The van der Waals surface area contributed by atoms with Crippen LogP contribution in [0.2, 0.25) is 0 Å². The Morgan fingerprint density at radius 2 is 1.02 bits per heavy atom. The largest absolute Gasteiger partial charge is 0.507 e. The number of nitrogens with zero attached hydrogens (tertiary/aromatic N) is 2. The van der Waals surface area contributed by atoms with E-state index >= 15 is 0 Å². The molecular weight excluding hydrogens is 1200 g/mol. The summed E-state index contributed by atoms with van der Waals surface area (Å²) in [7, 11) is 3.75. The Kier molecular flexibility index (Phi) is 63.1. The van der Waals surface area contributed by atoms with Gasteiger partial charge in [-0.2, -0.15) is 0 Å². The number of fused-ring (bicyclic) bond motifs is 1. The fourth-order valence-corrected chi connectivity index (χ4v) is 10.8. The first-order chi connectivity index (χ1) is 44.1. The zero-order chi connectivity index (χ0) is 72.9. The summed E-state index contributed by atoms with van der Waals surface area (Å²) in [6.45, 7) is 41.4. The summed E-state index contributed by atoms with van der Waals surface area (Å²) < 4.78 is 6.60.